The van der Waals surface area contributed by atoms with Crippen LogP contribution in [-0.2, 0) is 4.79 Å². The quantitative estimate of drug-likeness (QED) is 0.789. The maximum absolute atomic E-state index is 12.0. The summed E-state index contributed by atoms with van der Waals surface area (Å²) in [5, 5.41) is 9.01. The highest BCUT2D eigenvalue weighted by molar-refractivity contribution is 7.99. The van der Waals surface area contributed by atoms with Gasteiger partial charge in [0.15, 0.2) is 0 Å². The van der Waals surface area contributed by atoms with Gasteiger partial charge in [-0.05, 0) is 43.0 Å². The Morgan fingerprint density at radius 1 is 1.23 bits per heavy atom. The minimum Gasteiger partial charge on any atom is -0.348 e. The minimum atomic E-state index is -0.278. The Kier molecular flexibility index (Phi) is 4.78. The zero-order valence-corrected chi connectivity index (χ0v) is 13.6. The largest absolute Gasteiger partial charge is 0.348 e. The molecule has 118 valence electrons. The Labute approximate surface area is 138 Å². The van der Waals surface area contributed by atoms with Gasteiger partial charge in [-0.3, -0.25) is 4.79 Å². The molecular weight excluding hydrogens is 322 g/mol. The number of halogens is 1. The molecule has 2 aliphatic rings. The van der Waals surface area contributed by atoms with Gasteiger partial charge in [0, 0.05) is 21.7 Å². The molecule has 3 N–H and O–H groups in total. The van der Waals surface area contributed by atoms with Crippen molar-refractivity contribution in [2.24, 2.45) is 0 Å². The average molecular weight is 340 g/mol. The van der Waals surface area contributed by atoms with E-state index in [0.29, 0.717) is 5.02 Å². The Bertz CT molecular complexity index is 592. The molecule has 0 radical (unpaired) electrons. The molecule has 1 aromatic carbocycles. The Balaban J connectivity index is 1.53. The summed E-state index contributed by atoms with van der Waals surface area (Å²) < 4.78 is 0. The topological polar surface area (TPSA) is 70.2 Å². The summed E-state index contributed by atoms with van der Waals surface area (Å²) >= 11 is 7.82. The lowest BCUT2D eigenvalue weighted by atomic mass is 10.0. The second kappa shape index (κ2) is 6.79. The van der Waals surface area contributed by atoms with Crippen LogP contribution in [0, 0.1) is 0 Å². The van der Waals surface area contributed by atoms with Gasteiger partial charge in [-0.1, -0.05) is 11.6 Å². The molecule has 0 aromatic heterocycles. The third-order valence-electron chi connectivity index (χ3n) is 3.67. The van der Waals surface area contributed by atoms with Gasteiger partial charge in [-0.15, -0.1) is 11.8 Å². The van der Waals surface area contributed by atoms with Gasteiger partial charge in [0.05, 0.1) is 12.6 Å². The molecule has 3 amide bonds. The first kappa shape index (κ1) is 15.5. The Morgan fingerprint density at radius 2 is 2.05 bits per heavy atom. The molecule has 0 saturated heterocycles. The fraction of sp³-hybridized carbons (Fsp3) is 0.467. The number of amides is 3. The van der Waals surface area contributed by atoms with Crippen LogP contribution in [0.4, 0.5) is 4.79 Å². The first-order chi connectivity index (χ1) is 10.6. The number of fused-ring (bicyclic) bond motifs is 1. The molecule has 1 aliphatic carbocycles. The van der Waals surface area contributed by atoms with Gasteiger partial charge in [0.1, 0.15) is 0 Å². The Hall–Kier alpha value is -1.40. The van der Waals surface area contributed by atoms with E-state index in [4.69, 9.17) is 11.6 Å². The molecule has 1 aromatic rings. The molecule has 1 aliphatic heterocycles. The highest BCUT2D eigenvalue weighted by atomic mass is 35.5. The number of benzene rings is 1. The standard InChI is InChI=1S/C15H18ClN3O2S/c16-9-1-4-13-11(7-9)12(5-6-22-13)19-14(20)8-17-15(21)18-10-2-3-10/h1,4,7,10,12H,2-3,5-6,8H2,(H,19,20)(H2,17,18,21)/t12-/m0/s1. The van der Waals surface area contributed by atoms with Crippen molar-refractivity contribution in [2.75, 3.05) is 12.3 Å². The number of urea groups is 1. The van der Waals surface area contributed by atoms with Gasteiger partial charge in [0.25, 0.3) is 0 Å². The fourth-order valence-corrected chi connectivity index (χ4v) is 3.67. The summed E-state index contributed by atoms with van der Waals surface area (Å²) in [6, 6.07) is 5.72. The normalized spacial score (nSPS) is 20.0. The average Bonchev–Trinajstić information content (AvgIpc) is 3.30. The smallest absolute Gasteiger partial charge is 0.315 e. The molecule has 1 saturated carbocycles. The van der Waals surface area contributed by atoms with E-state index >= 15 is 0 Å². The number of nitrogens with one attached hydrogen (secondary N) is 3. The zero-order valence-electron chi connectivity index (χ0n) is 12.0. The van der Waals surface area contributed by atoms with Crippen LogP contribution in [0.15, 0.2) is 23.1 Å². The number of thioether (sulfide) groups is 1. The summed E-state index contributed by atoms with van der Waals surface area (Å²) in [5.74, 6) is 0.767. The van der Waals surface area contributed by atoms with E-state index in [9.17, 15) is 9.59 Å². The molecule has 22 heavy (non-hydrogen) atoms. The molecule has 0 unspecified atom stereocenters. The summed E-state index contributed by atoms with van der Waals surface area (Å²) in [5.41, 5.74) is 1.06. The van der Waals surface area contributed by atoms with Gasteiger partial charge in [-0.25, -0.2) is 4.79 Å². The number of hydrogen-bond donors (Lipinski definition) is 3. The van der Waals surface area contributed by atoms with Crippen molar-refractivity contribution in [1.29, 1.82) is 0 Å². The molecule has 3 rings (SSSR count). The monoisotopic (exact) mass is 339 g/mol. The molecule has 1 atom stereocenters. The lowest BCUT2D eigenvalue weighted by molar-refractivity contribution is -0.120. The van der Waals surface area contributed by atoms with Crippen molar-refractivity contribution in [2.45, 2.75) is 36.2 Å². The van der Waals surface area contributed by atoms with Crippen LogP contribution < -0.4 is 16.0 Å². The van der Waals surface area contributed by atoms with E-state index in [2.05, 4.69) is 16.0 Å². The molecule has 1 heterocycles. The van der Waals surface area contributed by atoms with Crippen LogP contribution in [0.1, 0.15) is 30.9 Å². The molecule has 1 fully saturated rings. The van der Waals surface area contributed by atoms with Crippen LogP contribution in [0.3, 0.4) is 0 Å². The van der Waals surface area contributed by atoms with Crippen molar-refractivity contribution in [3.8, 4) is 0 Å². The first-order valence-electron chi connectivity index (χ1n) is 7.38. The predicted molar refractivity (Wildman–Crippen MR) is 87.2 cm³/mol. The summed E-state index contributed by atoms with van der Waals surface area (Å²) in [4.78, 5) is 24.7. The van der Waals surface area contributed by atoms with Gasteiger partial charge in [0.2, 0.25) is 5.91 Å². The SMILES string of the molecule is O=C(CNC(=O)NC1CC1)N[C@H]1CCSc2ccc(Cl)cc21. The molecule has 0 spiro atoms. The van der Waals surface area contributed by atoms with E-state index in [1.54, 1.807) is 11.8 Å². The van der Waals surface area contributed by atoms with Crippen LogP contribution >= 0.6 is 23.4 Å². The van der Waals surface area contributed by atoms with Crippen LogP contribution in [0.25, 0.3) is 0 Å². The molecular formula is C15H18ClN3O2S. The van der Waals surface area contributed by atoms with Crippen LogP contribution in [-0.4, -0.2) is 30.3 Å². The second-order valence-corrected chi connectivity index (χ2v) is 7.11. The molecule has 7 heteroatoms. The van der Waals surface area contributed by atoms with Crippen molar-refractivity contribution >= 4 is 35.3 Å². The van der Waals surface area contributed by atoms with Crippen LogP contribution in [0.5, 0.6) is 0 Å². The number of carbonyl (C=O) groups excluding carboxylic acids is 2. The Morgan fingerprint density at radius 3 is 2.82 bits per heavy atom. The number of rotatable bonds is 4. The fourth-order valence-electron chi connectivity index (χ4n) is 2.39. The van der Waals surface area contributed by atoms with Crippen molar-refractivity contribution < 1.29 is 9.59 Å². The first-order valence-corrected chi connectivity index (χ1v) is 8.74. The van der Waals surface area contributed by atoms with Gasteiger partial charge >= 0.3 is 6.03 Å². The maximum atomic E-state index is 12.0. The lowest BCUT2D eigenvalue weighted by Gasteiger charge is -2.26. The number of hydrogen-bond acceptors (Lipinski definition) is 3. The van der Waals surface area contributed by atoms with E-state index in [1.807, 2.05) is 18.2 Å². The number of carbonyl (C=O) groups is 2. The zero-order chi connectivity index (χ0) is 15.5. The summed E-state index contributed by atoms with van der Waals surface area (Å²) in [7, 11) is 0. The van der Waals surface area contributed by atoms with Crippen LogP contribution in [0.2, 0.25) is 5.02 Å². The summed E-state index contributed by atoms with van der Waals surface area (Å²) in [6.45, 7) is -0.0158. The van der Waals surface area contributed by atoms with Crippen molar-refractivity contribution in [1.82, 2.24) is 16.0 Å². The van der Waals surface area contributed by atoms with E-state index in [0.717, 1.165) is 35.5 Å². The molecule has 0 bridgehead atoms. The maximum Gasteiger partial charge on any atom is 0.315 e. The highest BCUT2D eigenvalue weighted by Crippen LogP contribution is 2.37. The van der Waals surface area contributed by atoms with E-state index < -0.39 is 0 Å². The third kappa shape index (κ3) is 4.08. The van der Waals surface area contributed by atoms with Gasteiger partial charge < -0.3 is 16.0 Å². The van der Waals surface area contributed by atoms with Crippen molar-refractivity contribution in [3.63, 3.8) is 0 Å². The second-order valence-electron chi connectivity index (χ2n) is 5.54. The predicted octanol–water partition coefficient (Wildman–Crippen LogP) is 2.45. The summed E-state index contributed by atoms with van der Waals surface area (Å²) in [6.07, 6.45) is 2.91. The highest BCUT2D eigenvalue weighted by Gasteiger charge is 2.24. The third-order valence-corrected chi connectivity index (χ3v) is 5.03. The molecule has 5 nitrogen and oxygen atoms in total. The van der Waals surface area contributed by atoms with Gasteiger partial charge in [-0.2, -0.15) is 0 Å². The van der Waals surface area contributed by atoms with E-state index in [-0.39, 0.29) is 30.6 Å². The minimum absolute atomic E-state index is 0.0158. The van der Waals surface area contributed by atoms with Crippen molar-refractivity contribution in [3.05, 3.63) is 28.8 Å². The lowest BCUT2D eigenvalue weighted by Crippen LogP contribution is -2.43. The van der Waals surface area contributed by atoms with E-state index in [1.165, 1.54) is 0 Å².